The van der Waals surface area contributed by atoms with Gasteiger partial charge in [-0.3, -0.25) is 14.9 Å². The van der Waals surface area contributed by atoms with Crippen LogP contribution in [0.3, 0.4) is 0 Å². The van der Waals surface area contributed by atoms with E-state index in [2.05, 4.69) is 0 Å². The average Bonchev–Trinajstić information content (AvgIpc) is 2.79. The van der Waals surface area contributed by atoms with Crippen molar-refractivity contribution in [1.82, 2.24) is 0 Å². The summed E-state index contributed by atoms with van der Waals surface area (Å²) in [6.07, 6.45) is 0.739. The van der Waals surface area contributed by atoms with Gasteiger partial charge in [0.05, 0.1) is 0 Å². The first-order valence-electron chi connectivity index (χ1n) is 9.73. The van der Waals surface area contributed by atoms with Gasteiger partial charge in [-0.15, -0.1) is 0 Å². The van der Waals surface area contributed by atoms with E-state index in [4.69, 9.17) is 4.74 Å². The molecule has 4 unspecified atom stereocenters. The zero-order chi connectivity index (χ0) is 21.4. The van der Waals surface area contributed by atoms with E-state index >= 15 is 0 Å². The number of hydrogen-bond acceptors (Lipinski definition) is 6. The Labute approximate surface area is 170 Å². The van der Waals surface area contributed by atoms with E-state index in [1.54, 1.807) is 0 Å². The van der Waals surface area contributed by atoms with E-state index in [1.807, 2.05) is 45.0 Å². The fourth-order valence-corrected chi connectivity index (χ4v) is 7.94. The summed E-state index contributed by atoms with van der Waals surface area (Å²) in [6, 6.07) is 5.99. The van der Waals surface area contributed by atoms with Crippen molar-refractivity contribution in [1.29, 1.82) is 0 Å². The lowest BCUT2D eigenvalue weighted by Crippen LogP contribution is -2.56. The molecule has 1 aromatic rings. The maximum Gasteiger partial charge on any atom is 0.266 e. The van der Waals surface area contributed by atoms with E-state index in [1.165, 1.54) is 6.92 Å². The number of nitrogens with zero attached hydrogens (tertiary/aromatic N) is 1. The summed E-state index contributed by atoms with van der Waals surface area (Å²) in [5.74, 6) is -1.06. The lowest BCUT2D eigenvalue weighted by atomic mass is 9.68. The van der Waals surface area contributed by atoms with Gasteiger partial charge in [0.1, 0.15) is 16.8 Å². The lowest BCUT2D eigenvalue weighted by Gasteiger charge is -2.46. The van der Waals surface area contributed by atoms with Crippen LogP contribution in [0.2, 0.25) is 0 Å². The Kier molecular flexibility index (Phi) is 4.25. The van der Waals surface area contributed by atoms with Crippen LogP contribution < -0.4 is 0 Å². The van der Waals surface area contributed by atoms with Crippen LogP contribution in [0.1, 0.15) is 50.7 Å². The topological polar surface area (TPSA) is 104 Å². The Morgan fingerprint density at radius 2 is 1.76 bits per heavy atom. The summed E-state index contributed by atoms with van der Waals surface area (Å²) in [7, 11) is -3.86. The van der Waals surface area contributed by atoms with Crippen LogP contribution in [0.15, 0.2) is 35.6 Å². The normalized spacial score (nSPS) is 34.9. The Morgan fingerprint density at radius 1 is 1.14 bits per heavy atom. The fourth-order valence-electron chi connectivity index (χ4n) is 5.22. The van der Waals surface area contributed by atoms with Gasteiger partial charge in [-0.05, 0) is 24.8 Å². The molecule has 0 amide bonds. The molecule has 4 rings (SSSR count). The van der Waals surface area contributed by atoms with Gasteiger partial charge in [-0.1, -0.05) is 43.7 Å². The Morgan fingerprint density at radius 3 is 2.34 bits per heavy atom. The van der Waals surface area contributed by atoms with Crippen LogP contribution in [0.4, 0.5) is 0 Å². The third-order valence-electron chi connectivity index (χ3n) is 6.53. The first-order valence-corrected chi connectivity index (χ1v) is 11.4. The van der Waals surface area contributed by atoms with E-state index in [-0.39, 0.29) is 11.2 Å². The smallest absolute Gasteiger partial charge is 0.266 e. The van der Waals surface area contributed by atoms with Crippen molar-refractivity contribution >= 4 is 15.6 Å². The van der Waals surface area contributed by atoms with Gasteiger partial charge in [-0.2, -0.15) is 0 Å². The summed E-state index contributed by atoms with van der Waals surface area (Å²) in [6.45, 7) is 7.34. The minimum atomic E-state index is -3.86. The number of carbonyl (C=O) groups is 1. The maximum atomic E-state index is 13.2. The molecular weight excluding hydrogens is 394 g/mol. The average molecular weight is 419 g/mol. The standard InChI is InChI=1S/C21H25NO6S/c1-12-5-7-13(8-6-12)17-18-14(23)9-20(2,3)10-15(18)28-21(4)16(22(24)25)11-29(26,27)19(17)21/h5-8,16-17,19H,9-11H2,1-4H3. The van der Waals surface area contributed by atoms with Crippen molar-refractivity contribution in [2.24, 2.45) is 5.41 Å². The van der Waals surface area contributed by atoms with Crippen molar-refractivity contribution in [3.8, 4) is 0 Å². The minimum absolute atomic E-state index is 0.136. The van der Waals surface area contributed by atoms with Crippen molar-refractivity contribution in [3.63, 3.8) is 0 Å². The number of hydrogen-bond donors (Lipinski definition) is 0. The van der Waals surface area contributed by atoms with Gasteiger partial charge < -0.3 is 4.74 Å². The van der Waals surface area contributed by atoms with Crippen molar-refractivity contribution in [2.75, 3.05) is 5.75 Å². The number of fused-ring (bicyclic) bond motifs is 1. The summed E-state index contributed by atoms with van der Waals surface area (Å²) in [5, 5.41) is 10.6. The van der Waals surface area contributed by atoms with Gasteiger partial charge in [0, 0.05) is 29.3 Å². The molecule has 4 atom stereocenters. The van der Waals surface area contributed by atoms with Crippen LogP contribution in [0.25, 0.3) is 0 Å². The molecule has 0 aromatic heterocycles. The third-order valence-corrected chi connectivity index (χ3v) is 8.82. The molecule has 1 aromatic carbocycles. The minimum Gasteiger partial charge on any atom is -0.483 e. The molecule has 2 heterocycles. The molecule has 3 aliphatic rings. The van der Waals surface area contributed by atoms with Gasteiger partial charge in [0.2, 0.25) is 0 Å². The quantitative estimate of drug-likeness (QED) is 0.539. The first kappa shape index (κ1) is 20.1. The Balaban J connectivity index is 1.99. The van der Waals surface area contributed by atoms with Gasteiger partial charge >= 0.3 is 0 Å². The predicted molar refractivity (Wildman–Crippen MR) is 107 cm³/mol. The summed E-state index contributed by atoms with van der Waals surface area (Å²) in [4.78, 5) is 24.4. The predicted octanol–water partition coefficient (Wildman–Crippen LogP) is 2.95. The summed E-state index contributed by atoms with van der Waals surface area (Å²) >= 11 is 0. The molecule has 0 radical (unpaired) electrons. The Hall–Kier alpha value is -2.22. The van der Waals surface area contributed by atoms with E-state index in [0.29, 0.717) is 29.7 Å². The number of carbonyl (C=O) groups excluding carboxylic acids is 1. The van der Waals surface area contributed by atoms with Crippen molar-refractivity contribution in [2.45, 2.75) is 63.3 Å². The van der Waals surface area contributed by atoms with Crippen LogP contribution in [0, 0.1) is 22.5 Å². The molecule has 0 saturated carbocycles. The van der Waals surface area contributed by atoms with E-state index < -0.39 is 43.3 Å². The second-order valence-corrected chi connectivity index (χ2v) is 11.7. The Bertz CT molecular complexity index is 1040. The molecular formula is C21H25NO6S. The zero-order valence-electron chi connectivity index (χ0n) is 17.0. The fraction of sp³-hybridized carbons (Fsp3) is 0.571. The second kappa shape index (κ2) is 6.14. The zero-order valence-corrected chi connectivity index (χ0v) is 17.8. The SMILES string of the molecule is Cc1ccc(C2C3=C(CC(C)(C)CC3=O)OC3(C)C([N+](=O)[O-])CS(=O)(=O)C23)cc1. The molecule has 7 nitrogen and oxygen atoms in total. The highest BCUT2D eigenvalue weighted by Gasteiger charge is 2.70. The highest BCUT2D eigenvalue weighted by molar-refractivity contribution is 7.92. The van der Waals surface area contributed by atoms with Crippen LogP contribution in [-0.4, -0.2) is 41.8 Å². The number of sulfone groups is 1. The number of benzene rings is 1. The highest BCUT2D eigenvalue weighted by atomic mass is 32.2. The molecule has 1 fully saturated rings. The van der Waals surface area contributed by atoms with E-state index in [0.717, 1.165) is 5.56 Å². The number of rotatable bonds is 2. The van der Waals surface area contributed by atoms with Crippen LogP contribution in [-0.2, 0) is 19.4 Å². The number of Topliss-reactive ketones (excluding diaryl/α,β-unsaturated/α-hetero) is 1. The first-order chi connectivity index (χ1) is 13.4. The summed E-state index contributed by atoms with van der Waals surface area (Å²) in [5.41, 5.74) is 0.195. The summed E-state index contributed by atoms with van der Waals surface area (Å²) < 4.78 is 32.4. The highest BCUT2D eigenvalue weighted by Crippen LogP contribution is 2.55. The molecule has 0 bridgehead atoms. The number of aryl methyl sites for hydroxylation is 1. The van der Waals surface area contributed by atoms with Crippen LogP contribution >= 0.6 is 0 Å². The molecule has 2 aliphatic heterocycles. The number of ketones is 1. The molecule has 1 aliphatic carbocycles. The monoisotopic (exact) mass is 419 g/mol. The van der Waals surface area contributed by atoms with Crippen molar-refractivity contribution in [3.05, 3.63) is 56.8 Å². The van der Waals surface area contributed by atoms with Gasteiger partial charge in [-0.25, -0.2) is 8.42 Å². The molecule has 1 saturated heterocycles. The number of ether oxygens (including phenoxy) is 1. The largest absolute Gasteiger partial charge is 0.483 e. The molecule has 156 valence electrons. The number of allylic oxidation sites excluding steroid dienone is 2. The second-order valence-electron chi connectivity index (χ2n) is 9.50. The maximum absolute atomic E-state index is 13.2. The number of nitro groups is 1. The molecule has 29 heavy (non-hydrogen) atoms. The van der Waals surface area contributed by atoms with E-state index in [9.17, 15) is 23.3 Å². The molecule has 8 heteroatoms. The van der Waals surface area contributed by atoms with Crippen molar-refractivity contribution < 1.29 is 22.9 Å². The lowest BCUT2D eigenvalue weighted by molar-refractivity contribution is -0.537. The van der Waals surface area contributed by atoms with Gasteiger partial charge in [0.25, 0.3) is 6.04 Å². The van der Waals surface area contributed by atoms with Crippen LogP contribution in [0.5, 0.6) is 0 Å². The third kappa shape index (κ3) is 2.99. The molecule has 0 spiro atoms. The molecule has 0 N–H and O–H groups in total. The van der Waals surface area contributed by atoms with Gasteiger partial charge in [0.15, 0.2) is 21.2 Å².